The number of rotatable bonds is 1. The standard InChI is InChI=1S/C9H5ClF3N3O/c10-5-2-1-4(3-6(5)14)7-15-8(16-17-7)9(11,12)13/h1-3H,14H2. The molecule has 0 aliphatic rings. The van der Waals surface area contributed by atoms with E-state index < -0.39 is 12.0 Å². The molecule has 1 heterocycles. The number of benzene rings is 1. The van der Waals surface area contributed by atoms with Crippen molar-refractivity contribution in [3.05, 3.63) is 29.0 Å². The molecule has 0 fully saturated rings. The van der Waals surface area contributed by atoms with Crippen molar-refractivity contribution in [2.75, 3.05) is 5.73 Å². The quantitative estimate of drug-likeness (QED) is 0.803. The second-order valence-corrected chi connectivity index (χ2v) is 3.56. The smallest absolute Gasteiger partial charge is 0.398 e. The van der Waals surface area contributed by atoms with Gasteiger partial charge in [-0.05, 0) is 18.2 Å². The van der Waals surface area contributed by atoms with Gasteiger partial charge in [0, 0.05) is 5.56 Å². The Kier molecular flexibility index (Phi) is 2.70. The van der Waals surface area contributed by atoms with Crippen LogP contribution < -0.4 is 5.73 Å². The number of nitrogens with zero attached hydrogens (tertiary/aromatic N) is 2. The summed E-state index contributed by atoms with van der Waals surface area (Å²) in [6.07, 6.45) is -4.64. The number of alkyl halides is 3. The largest absolute Gasteiger partial charge is 0.455 e. The van der Waals surface area contributed by atoms with Gasteiger partial charge in [0.1, 0.15) is 0 Å². The number of hydrogen-bond donors (Lipinski definition) is 1. The summed E-state index contributed by atoms with van der Waals surface area (Å²) >= 11 is 5.67. The Bertz CT molecular complexity index is 553. The van der Waals surface area contributed by atoms with Crippen LogP contribution >= 0.6 is 11.6 Å². The van der Waals surface area contributed by atoms with Crippen LogP contribution in [0.4, 0.5) is 18.9 Å². The lowest BCUT2D eigenvalue weighted by molar-refractivity contribution is -0.146. The molecular formula is C9H5ClF3N3O. The molecule has 0 spiro atoms. The lowest BCUT2D eigenvalue weighted by Crippen LogP contribution is -2.07. The minimum atomic E-state index is -4.64. The fourth-order valence-electron chi connectivity index (χ4n) is 1.13. The summed E-state index contributed by atoms with van der Waals surface area (Å²) in [7, 11) is 0. The molecular weight excluding hydrogens is 259 g/mol. The maximum Gasteiger partial charge on any atom is 0.455 e. The lowest BCUT2D eigenvalue weighted by atomic mass is 10.2. The summed E-state index contributed by atoms with van der Waals surface area (Å²) in [5.41, 5.74) is 6.00. The van der Waals surface area contributed by atoms with E-state index in [0.29, 0.717) is 5.02 Å². The van der Waals surface area contributed by atoms with Crippen LogP contribution in [0.3, 0.4) is 0 Å². The van der Waals surface area contributed by atoms with E-state index in [1.165, 1.54) is 18.2 Å². The molecule has 0 amide bonds. The van der Waals surface area contributed by atoms with Gasteiger partial charge in [0.2, 0.25) is 0 Å². The van der Waals surface area contributed by atoms with E-state index >= 15 is 0 Å². The predicted molar refractivity (Wildman–Crippen MR) is 54.2 cm³/mol. The zero-order valence-corrected chi connectivity index (χ0v) is 8.88. The fraction of sp³-hybridized carbons (Fsp3) is 0.111. The Morgan fingerprint density at radius 1 is 1.29 bits per heavy atom. The van der Waals surface area contributed by atoms with Crippen molar-refractivity contribution in [1.82, 2.24) is 10.1 Å². The lowest BCUT2D eigenvalue weighted by Gasteiger charge is -1.99. The van der Waals surface area contributed by atoms with Crippen molar-refractivity contribution in [3.63, 3.8) is 0 Å². The predicted octanol–water partition coefficient (Wildman–Crippen LogP) is 2.99. The Hall–Kier alpha value is -1.76. The normalized spacial score (nSPS) is 11.8. The van der Waals surface area contributed by atoms with E-state index in [1.807, 2.05) is 0 Å². The van der Waals surface area contributed by atoms with Gasteiger partial charge in [0.15, 0.2) is 0 Å². The minimum absolute atomic E-state index is 0.218. The van der Waals surface area contributed by atoms with Crippen molar-refractivity contribution >= 4 is 17.3 Å². The van der Waals surface area contributed by atoms with Gasteiger partial charge >= 0.3 is 6.18 Å². The van der Waals surface area contributed by atoms with E-state index in [4.69, 9.17) is 17.3 Å². The third-order valence-corrected chi connectivity index (χ3v) is 2.27. The van der Waals surface area contributed by atoms with Gasteiger partial charge in [-0.3, -0.25) is 0 Å². The van der Waals surface area contributed by atoms with Crippen molar-refractivity contribution in [2.24, 2.45) is 0 Å². The second-order valence-electron chi connectivity index (χ2n) is 3.16. The molecule has 0 saturated heterocycles. The zero-order valence-electron chi connectivity index (χ0n) is 8.12. The van der Waals surface area contributed by atoms with E-state index in [2.05, 4.69) is 14.7 Å². The molecule has 0 radical (unpaired) electrons. The fourth-order valence-corrected chi connectivity index (χ4v) is 1.25. The highest BCUT2D eigenvalue weighted by atomic mass is 35.5. The van der Waals surface area contributed by atoms with Crippen LogP contribution in [-0.4, -0.2) is 10.1 Å². The molecule has 2 rings (SSSR count). The van der Waals surface area contributed by atoms with Crippen LogP contribution in [0, 0.1) is 0 Å². The van der Waals surface area contributed by atoms with Gasteiger partial charge in [0.05, 0.1) is 10.7 Å². The molecule has 4 nitrogen and oxygen atoms in total. The van der Waals surface area contributed by atoms with Crippen LogP contribution in [0.1, 0.15) is 5.82 Å². The topological polar surface area (TPSA) is 64.9 Å². The first-order valence-corrected chi connectivity index (χ1v) is 4.72. The molecule has 2 aromatic rings. The van der Waals surface area contributed by atoms with Gasteiger partial charge in [-0.1, -0.05) is 16.8 Å². The van der Waals surface area contributed by atoms with Crippen molar-refractivity contribution in [2.45, 2.75) is 6.18 Å². The number of halogens is 4. The monoisotopic (exact) mass is 263 g/mol. The molecule has 0 aliphatic carbocycles. The number of nitrogens with two attached hydrogens (primary N) is 1. The SMILES string of the molecule is Nc1cc(-c2nc(C(F)(F)F)no2)ccc1Cl. The first-order valence-electron chi connectivity index (χ1n) is 4.34. The summed E-state index contributed by atoms with van der Waals surface area (Å²) in [5, 5.41) is 3.13. The van der Waals surface area contributed by atoms with Gasteiger partial charge in [-0.2, -0.15) is 18.2 Å². The van der Waals surface area contributed by atoms with Gasteiger partial charge in [0.25, 0.3) is 11.7 Å². The average molecular weight is 264 g/mol. The molecule has 0 aliphatic heterocycles. The van der Waals surface area contributed by atoms with Gasteiger partial charge in [-0.25, -0.2) is 0 Å². The molecule has 1 aromatic heterocycles. The molecule has 8 heteroatoms. The van der Waals surface area contributed by atoms with Crippen LogP contribution in [-0.2, 0) is 6.18 Å². The Morgan fingerprint density at radius 3 is 2.53 bits per heavy atom. The van der Waals surface area contributed by atoms with Crippen molar-refractivity contribution in [3.8, 4) is 11.5 Å². The molecule has 17 heavy (non-hydrogen) atoms. The summed E-state index contributed by atoms with van der Waals surface area (Å²) in [6.45, 7) is 0. The first-order chi connectivity index (χ1) is 7.88. The highest BCUT2D eigenvalue weighted by Crippen LogP contribution is 2.30. The third-order valence-electron chi connectivity index (χ3n) is 1.92. The molecule has 90 valence electrons. The summed E-state index contributed by atoms with van der Waals surface area (Å²) in [4.78, 5) is 3.22. The maximum atomic E-state index is 12.2. The van der Waals surface area contributed by atoms with E-state index in [1.54, 1.807) is 0 Å². The van der Waals surface area contributed by atoms with Gasteiger partial charge in [-0.15, -0.1) is 0 Å². The maximum absolute atomic E-state index is 12.2. The zero-order chi connectivity index (χ0) is 12.6. The Labute approximate surface area is 98.2 Å². The van der Waals surface area contributed by atoms with Crippen molar-refractivity contribution < 1.29 is 17.7 Å². The number of anilines is 1. The van der Waals surface area contributed by atoms with E-state index in [9.17, 15) is 13.2 Å². The van der Waals surface area contributed by atoms with Crippen LogP contribution in [0.25, 0.3) is 11.5 Å². The van der Waals surface area contributed by atoms with Gasteiger partial charge < -0.3 is 10.3 Å². The Morgan fingerprint density at radius 2 is 2.00 bits per heavy atom. The Balaban J connectivity index is 2.40. The summed E-state index contributed by atoms with van der Waals surface area (Å²) in [6, 6.07) is 4.23. The third kappa shape index (κ3) is 2.33. The van der Waals surface area contributed by atoms with Crippen LogP contribution in [0.5, 0.6) is 0 Å². The molecule has 0 bridgehead atoms. The number of hydrogen-bond acceptors (Lipinski definition) is 4. The molecule has 0 atom stereocenters. The first kappa shape index (κ1) is 11.7. The van der Waals surface area contributed by atoms with Crippen LogP contribution in [0.2, 0.25) is 5.02 Å². The average Bonchev–Trinajstić information content (AvgIpc) is 2.70. The van der Waals surface area contributed by atoms with E-state index in [0.717, 1.165) is 0 Å². The highest BCUT2D eigenvalue weighted by molar-refractivity contribution is 6.33. The van der Waals surface area contributed by atoms with Crippen LogP contribution in [0.15, 0.2) is 22.7 Å². The van der Waals surface area contributed by atoms with E-state index in [-0.39, 0.29) is 17.1 Å². The number of aromatic nitrogens is 2. The molecule has 2 N–H and O–H groups in total. The molecule has 1 aromatic carbocycles. The minimum Gasteiger partial charge on any atom is -0.398 e. The van der Waals surface area contributed by atoms with Crippen molar-refractivity contribution in [1.29, 1.82) is 0 Å². The second kappa shape index (κ2) is 3.92. The highest BCUT2D eigenvalue weighted by Gasteiger charge is 2.37. The summed E-state index contributed by atoms with van der Waals surface area (Å²) in [5.74, 6) is -1.60. The molecule has 0 unspecified atom stereocenters. The summed E-state index contributed by atoms with van der Waals surface area (Å²) < 4.78 is 41.2. The molecule has 0 saturated carbocycles. The number of nitrogen functional groups attached to an aromatic ring is 1.